The fraction of sp³-hybridized carbons (Fsp3) is 0.222. The molecule has 0 bridgehead atoms. The molecule has 2 unspecified atom stereocenters. The summed E-state index contributed by atoms with van der Waals surface area (Å²) in [5.74, 6) is 1.10. The third-order valence-electron chi connectivity index (χ3n) is 8.35. The summed E-state index contributed by atoms with van der Waals surface area (Å²) in [4.78, 5) is 29.8. The van der Waals surface area contributed by atoms with Crippen molar-refractivity contribution in [3.8, 4) is 28.4 Å². The third-order valence-corrected chi connectivity index (χ3v) is 8.35. The van der Waals surface area contributed by atoms with Gasteiger partial charge in [0, 0.05) is 28.7 Å². The van der Waals surface area contributed by atoms with E-state index in [-0.39, 0.29) is 18.5 Å². The highest BCUT2D eigenvalue weighted by atomic mass is 16.5. The summed E-state index contributed by atoms with van der Waals surface area (Å²) in [5, 5.41) is 7.56. The van der Waals surface area contributed by atoms with E-state index >= 15 is 0 Å². The predicted octanol–water partition coefficient (Wildman–Crippen LogP) is 5.57. The molecule has 0 aliphatic carbocycles. The number of hydrogen-bond acceptors (Lipinski definition) is 7. The van der Waals surface area contributed by atoms with Crippen molar-refractivity contribution in [2.24, 2.45) is 0 Å². The molecule has 1 amide bonds. The first-order chi connectivity index (χ1) is 21.9. The van der Waals surface area contributed by atoms with Crippen LogP contribution in [0.4, 0.5) is 0 Å². The second-order valence-corrected chi connectivity index (χ2v) is 10.8. The first-order valence-electron chi connectivity index (χ1n) is 14.6. The predicted molar refractivity (Wildman–Crippen MR) is 172 cm³/mol. The van der Waals surface area contributed by atoms with Crippen LogP contribution in [0.3, 0.4) is 0 Å². The molecule has 9 nitrogen and oxygen atoms in total. The maximum absolute atomic E-state index is 13.8. The van der Waals surface area contributed by atoms with Crippen LogP contribution < -0.4 is 24.8 Å². The van der Waals surface area contributed by atoms with Gasteiger partial charge in [-0.3, -0.25) is 10.1 Å². The van der Waals surface area contributed by atoms with Gasteiger partial charge >= 0.3 is 5.97 Å². The van der Waals surface area contributed by atoms with Gasteiger partial charge in [-0.2, -0.15) is 0 Å². The molecule has 230 valence electrons. The molecular weight excluding hydrogens is 570 g/mol. The molecular formula is C36H35N3O6. The Labute approximate surface area is 261 Å². The zero-order valence-corrected chi connectivity index (χ0v) is 25.6. The number of H-pyrrole nitrogens is 1. The summed E-state index contributed by atoms with van der Waals surface area (Å²) >= 11 is 0. The molecule has 0 fully saturated rings. The molecule has 3 N–H and O–H groups in total. The molecule has 1 aromatic heterocycles. The van der Waals surface area contributed by atoms with Crippen LogP contribution in [0.2, 0.25) is 0 Å². The highest BCUT2D eigenvalue weighted by molar-refractivity contribution is 5.97. The summed E-state index contributed by atoms with van der Waals surface area (Å²) in [5.41, 5.74) is 7.21. The van der Waals surface area contributed by atoms with E-state index in [1.165, 1.54) is 7.11 Å². The van der Waals surface area contributed by atoms with Gasteiger partial charge in [0.1, 0.15) is 17.2 Å². The lowest BCUT2D eigenvalue weighted by Crippen LogP contribution is -2.49. The molecule has 5 aromatic rings. The van der Waals surface area contributed by atoms with Crippen LogP contribution >= 0.6 is 0 Å². The van der Waals surface area contributed by atoms with Crippen LogP contribution in [0.25, 0.3) is 22.0 Å². The zero-order valence-electron chi connectivity index (χ0n) is 25.6. The zero-order chi connectivity index (χ0) is 31.5. The van der Waals surface area contributed by atoms with Crippen molar-refractivity contribution >= 4 is 22.8 Å². The van der Waals surface area contributed by atoms with Crippen molar-refractivity contribution in [2.75, 3.05) is 28.4 Å². The third kappa shape index (κ3) is 5.82. The largest absolute Gasteiger partial charge is 0.496 e. The van der Waals surface area contributed by atoms with Crippen LogP contribution in [0.15, 0.2) is 84.9 Å². The fourth-order valence-electron chi connectivity index (χ4n) is 6.01. The Hall–Kier alpha value is -5.28. The molecule has 4 aromatic carbocycles. The molecule has 9 heteroatoms. The van der Waals surface area contributed by atoms with E-state index in [9.17, 15) is 9.59 Å². The van der Waals surface area contributed by atoms with E-state index in [0.717, 1.165) is 38.9 Å². The molecule has 0 radical (unpaired) electrons. The number of carbonyl (C=O) groups is 2. The van der Waals surface area contributed by atoms with Crippen molar-refractivity contribution in [3.63, 3.8) is 0 Å². The quantitative estimate of drug-likeness (QED) is 0.189. The molecule has 2 atom stereocenters. The number of methoxy groups -OCH3 is 4. The molecule has 0 saturated heterocycles. The monoisotopic (exact) mass is 605 g/mol. The van der Waals surface area contributed by atoms with Gasteiger partial charge in [-0.05, 0) is 46.9 Å². The van der Waals surface area contributed by atoms with Crippen molar-refractivity contribution in [1.29, 1.82) is 0 Å². The Bertz CT molecular complexity index is 1820. The van der Waals surface area contributed by atoms with E-state index in [1.54, 1.807) is 39.5 Å². The van der Waals surface area contributed by atoms with E-state index in [0.29, 0.717) is 34.8 Å². The number of esters is 1. The van der Waals surface area contributed by atoms with Gasteiger partial charge in [-0.25, -0.2) is 4.79 Å². The number of rotatable bonds is 9. The Morgan fingerprint density at radius 3 is 2.16 bits per heavy atom. The van der Waals surface area contributed by atoms with Gasteiger partial charge in [-0.15, -0.1) is 0 Å². The number of nitrogens with one attached hydrogen (secondary N) is 3. The average molecular weight is 606 g/mol. The molecule has 1 aliphatic heterocycles. The van der Waals surface area contributed by atoms with Crippen LogP contribution in [-0.4, -0.2) is 51.3 Å². The summed E-state index contributed by atoms with van der Waals surface area (Å²) in [6.07, 6.45) is 0.418. The van der Waals surface area contributed by atoms with Gasteiger partial charge in [0.25, 0.3) is 0 Å². The summed E-state index contributed by atoms with van der Waals surface area (Å²) in [7, 11) is 6.07. The SMILES string of the molecule is COC(=O)c1ccc2[nH]c3c(c2c1)CC(C(=O)NCc1c(OC)cc(OC)cc1OC)NC3c1ccc(-c2ccccc2)cc1. The van der Waals surface area contributed by atoms with E-state index in [2.05, 4.69) is 52.0 Å². The number of carbonyl (C=O) groups excluding carboxylic acids is 2. The summed E-state index contributed by atoms with van der Waals surface area (Å²) in [6.45, 7) is 0.191. The number of hydrogen-bond donors (Lipinski definition) is 3. The first kappa shape index (κ1) is 29.8. The second kappa shape index (κ2) is 12.8. The molecule has 0 spiro atoms. The number of benzene rings is 4. The lowest BCUT2D eigenvalue weighted by atomic mass is 9.89. The molecule has 45 heavy (non-hydrogen) atoms. The molecule has 2 heterocycles. The van der Waals surface area contributed by atoms with E-state index < -0.39 is 12.0 Å². The molecule has 6 rings (SSSR count). The standard InChI is InChI=1S/C36H35N3O6/c1-42-25-17-31(43-2)28(32(18-25)44-3)20-37-35(40)30-19-27-26-16-24(36(41)45-4)14-15-29(26)38-34(27)33(39-30)23-12-10-22(11-13-23)21-8-6-5-7-9-21/h5-18,30,33,38-39H,19-20H2,1-4H3,(H,37,40). The van der Waals surface area contributed by atoms with Gasteiger partial charge in [0.05, 0.1) is 58.2 Å². The van der Waals surface area contributed by atoms with Gasteiger partial charge in [0.15, 0.2) is 0 Å². The minimum absolute atomic E-state index is 0.176. The normalized spacial score (nSPS) is 15.6. The van der Waals surface area contributed by atoms with Crippen LogP contribution in [-0.2, 0) is 22.5 Å². The lowest BCUT2D eigenvalue weighted by molar-refractivity contribution is -0.123. The minimum atomic E-state index is -0.563. The number of aromatic nitrogens is 1. The molecule has 0 saturated carbocycles. The summed E-state index contributed by atoms with van der Waals surface area (Å²) < 4.78 is 21.5. The van der Waals surface area contributed by atoms with Gasteiger partial charge < -0.3 is 29.2 Å². The maximum atomic E-state index is 13.8. The van der Waals surface area contributed by atoms with Crippen molar-refractivity contribution in [2.45, 2.75) is 25.0 Å². The van der Waals surface area contributed by atoms with Crippen molar-refractivity contribution in [1.82, 2.24) is 15.6 Å². The van der Waals surface area contributed by atoms with E-state index in [4.69, 9.17) is 18.9 Å². The van der Waals surface area contributed by atoms with Crippen molar-refractivity contribution in [3.05, 3.63) is 113 Å². The van der Waals surface area contributed by atoms with Crippen LogP contribution in [0.5, 0.6) is 17.2 Å². The first-order valence-corrected chi connectivity index (χ1v) is 14.6. The Kier molecular flexibility index (Phi) is 8.44. The number of ether oxygens (including phenoxy) is 4. The van der Waals surface area contributed by atoms with Crippen molar-refractivity contribution < 1.29 is 28.5 Å². The number of amides is 1. The molecule has 1 aliphatic rings. The number of fused-ring (bicyclic) bond motifs is 3. The maximum Gasteiger partial charge on any atom is 0.337 e. The summed E-state index contributed by atoms with van der Waals surface area (Å²) in [6, 6.07) is 26.7. The van der Waals surface area contributed by atoms with Gasteiger partial charge in [0.2, 0.25) is 5.91 Å². The highest BCUT2D eigenvalue weighted by Crippen LogP contribution is 2.37. The van der Waals surface area contributed by atoms with Crippen LogP contribution in [0.1, 0.15) is 38.8 Å². The lowest BCUT2D eigenvalue weighted by Gasteiger charge is -2.31. The smallest absolute Gasteiger partial charge is 0.337 e. The van der Waals surface area contributed by atoms with Crippen LogP contribution in [0, 0.1) is 0 Å². The fourth-order valence-corrected chi connectivity index (χ4v) is 6.01. The number of aromatic amines is 1. The minimum Gasteiger partial charge on any atom is -0.496 e. The van der Waals surface area contributed by atoms with E-state index in [1.807, 2.05) is 30.3 Å². The Morgan fingerprint density at radius 1 is 0.822 bits per heavy atom. The second-order valence-electron chi connectivity index (χ2n) is 10.8. The Balaban J connectivity index is 1.34. The topological polar surface area (TPSA) is 111 Å². The van der Waals surface area contributed by atoms with Gasteiger partial charge in [-0.1, -0.05) is 54.6 Å². The Morgan fingerprint density at radius 2 is 1.51 bits per heavy atom. The average Bonchev–Trinajstić information content (AvgIpc) is 3.47. The highest BCUT2D eigenvalue weighted by Gasteiger charge is 2.34.